The molecule has 3 nitrogen and oxygen atoms in total. The molecule has 1 aliphatic rings. The van der Waals surface area contributed by atoms with Crippen molar-refractivity contribution < 1.29 is 0 Å². The maximum absolute atomic E-state index is 5.28. The molecule has 0 atom stereocenters. The fourth-order valence-corrected chi connectivity index (χ4v) is 8.83. The average Bonchev–Trinajstić information content (AvgIpc) is 3.63. The molecule has 0 aliphatic heterocycles. The number of aromatic nitrogens is 2. The number of hydrogen-bond acceptors (Lipinski definition) is 4. The molecule has 2 aromatic heterocycles. The van der Waals surface area contributed by atoms with Gasteiger partial charge in [-0.1, -0.05) is 140 Å². The summed E-state index contributed by atoms with van der Waals surface area (Å²) in [6.45, 7) is 0. The van der Waals surface area contributed by atoms with E-state index in [4.69, 9.17) is 9.97 Å². The van der Waals surface area contributed by atoms with Gasteiger partial charge in [0, 0.05) is 48.2 Å². The Kier molecular flexibility index (Phi) is 8.16. The minimum absolute atomic E-state index is 0.761. The summed E-state index contributed by atoms with van der Waals surface area (Å²) in [6.07, 6.45) is 8.85. The third kappa shape index (κ3) is 5.87. The van der Waals surface area contributed by atoms with Gasteiger partial charge in [0.2, 0.25) is 0 Å². The Balaban J connectivity index is 1.10. The van der Waals surface area contributed by atoms with Crippen molar-refractivity contribution in [3.8, 4) is 33.6 Å². The summed E-state index contributed by atoms with van der Waals surface area (Å²) in [7, 11) is 0. The number of fused-ring (bicyclic) bond motifs is 4. The Hall–Kier alpha value is -6.62. The standard InChI is InChI=1S/C50H35N3S/c1-4-13-34(14-5-1)36-23-27-39(28-24-36)53(40-29-25-37(26-30-40)35-15-6-2-7-16-35)41-31-32-43-47(33-41)54-46-22-12-20-44(48(43)46)50-51-45-21-11-10-19-42(45)49(52-50)38-17-8-3-9-18-38/h1-2,4-8,10-33H,3,9H2. The van der Waals surface area contributed by atoms with Crippen molar-refractivity contribution in [1.29, 1.82) is 0 Å². The van der Waals surface area contributed by atoms with Crippen LogP contribution < -0.4 is 4.90 Å². The lowest BCUT2D eigenvalue weighted by molar-refractivity contribution is 1.04. The molecule has 0 radical (unpaired) electrons. The molecule has 4 heteroatoms. The van der Waals surface area contributed by atoms with Crippen LogP contribution in [0.1, 0.15) is 18.5 Å². The summed E-state index contributed by atoms with van der Waals surface area (Å²) in [5.74, 6) is 0.761. The normalized spacial score (nSPS) is 12.7. The van der Waals surface area contributed by atoms with Crippen LogP contribution in [0.3, 0.4) is 0 Å². The SMILES string of the molecule is C1=CC(c2nc(-c3cccc4sc5cc(N(c6ccc(-c7ccccc7)cc6)c6ccc(-c7ccccc7)cc6)ccc5c34)nc3ccccc23)=CCC1. The third-order valence-electron chi connectivity index (χ3n) is 10.3. The van der Waals surface area contributed by atoms with Gasteiger partial charge < -0.3 is 4.90 Å². The minimum Gasteiger partial charge on any atom is -0.310 e. The quantitative estimate of drug-likeness (QED) is 0.165. The van der Waals surface area contributed by atoms with Crippen molar-refractivity contribution in [1.82, 2.24) is 9.97 Å². The zero-order valence-electron chi connectivity index (χ0n) is 29.6. The van der Waals surface area contributed by atoms with Crippen LogP contribution in [0.25, 0.3) is 70.3 Å². The van der Waals surface area contributed by atoms with Gasteiger partial charge in [0.15, 0.2) is 5.82 Å². The largest absolute Gasteiger partial charge is 0.310 e. The van der Waals surface area contributed by atoms with Crippen molar-refractivity contribution in [2.45, 2.75) is 12.8 Å². The zero-order valence-corrected chi connectivity index (χ0v) is 30.4. The fraction of sp³-hybridized carbons (Fsp3) is 0.0400. The molecule has 9 aromatic rings. The molecule has 0 fully saturated rings. The van der Waals surface area contributed by atoms with E-state index in [9.17, 15) is 0 Å². The summed E-state index contributed by atoms with van der Waals surface area (Å²) in [5.41, 5.74) is 12.3. The summed E-state index contributed by atoms with van der Waals surface area (Å²) >= 11 is 1.82. The second-order valence-electron chi connectivity index (χ2n) is 13.7. The molecule has 0 bridgehead atoms. The maximum atomic E-state index is 5.28. The number of rotatable bonds is 7. The fourth-order valence-electron chi connectivity index (χ4n) is 7.66. The Labute approximate surface area is 318 Å². The first-order valence-corrected chi connectivity index (χ1v) is 19.3. The summed E-state index contributed by atoms with van der Waals surface area (Å²) < 4.78 is 2.45. The predicted octanol–water partition coefficient (Wildman–Crippen LogP) is 14.2. The highest BCUT2D eigenvalue weighted by Gasteiger charge is 2.19. The lowest BCUT2D eigenvalue weighted by Gasteiger charge is -2.26. The van der Waals surface area contributed by atoms with Crippen molar-refractivity contribution in [2.75, 3.05) is 4.90 Å². The molecule has 0 saturated heterocycles. The van der Waals surface area contributed by atoms with E-state index in [1.165, 1.54) is 48.0 Å². The number of hydrogen-bond donors (Lipinski definition) is 0. The van der Waals surface area contributed by atoms with E-state index < -0.39 is 0 Å². The van der Waals surface area contributed by atoms with Crippen LogP contribution in [0.5, 0.6) is 0 Å². The second kappa shape index (κ2) is 13.7. The molecule has 0 N–H and O–H groups in total. The monoisotopic (exact) mass is 709 g/mol. The average molecular weight is 710 g/mol. The zero-order chi connectivity index (χ0) is 35.8. The van der Waals surface area contributed by atoms with Gasteiger partial charge >= 0.3 is 0 Å². The van der Waals surface area contributed by atoms with Gasteiger partial charge in [0.1, 0.15) is 0 Å². The van der Waals surface area contributed by atoms with E-state index in [1.54, 1.807) is 0 Å². The highest BCUT2D eigenvalue weighted by Crippen LogP contribution is 2.44. The molecule has 256 valence electrons. The van der Waals surface area contributed by atoms with E-state index >= 15 is 0 Å². The van der Waals surface area contributed by atoms with Crippen LogP contribution in [0.15, 0.2) is 188 Å². The van der Waals surface area contributed by atoms with E-state index in [0.717, 1.165) is 57.9 Å². The number of benzene rings is 7. The van der Waals surface area contributed by atoms with Crippen LogP contribution in [0, 0.1) is 0 Å². The Bertz CT molecular complexity index is 2770. The van der Waals surface area contributed by atoms with Crippen molar-refractivity contribution in [3.63, 3.8) is 0 Å². The molecule has 0 unspecified atom stereocenters. The highest BCUT2D eigenvalue weighted by molar-refractivity contribution is 7.26. The Morgan fingerprint density at radius 2 is 1.11 bits per heavy atom. The Morgan fingerprint density at radius 1 is 0.481 bits per heavy atom. The van der Waals surface area contributed by atoms with Crippen molar-refractivity contribution in [2.24, 2.45) is 0 Å². The van der Waals surface area contributed by atoms with Gasteiger partial charge in [0.05, 0.1) is 11.2 Å². The number of thiophene rings is 1. The van der Waals surface area contributed by atoms with Crippen LogP contribution in [-0.2, 0) is 0 Å². The number of allylic oxidation sites excluding steroid dienone is 4. The number of para-hydroxylation sites is 1. The molecule has 10 rings (SSSR count). The summed E-state index contributed by atoms with van der Waals surface area (Å²) in [6, 6.07) is 60.7. The predicted molar refractivity (Wildman–Crippen MR) is 230 cm³/mol. The lowest BCUT2D eigenvalue weighted by atomic mass is 10.00. The Morgan fingerprint density at radius 3 is 1.78 bits per heavy atom. The van der Waals surface area contributed by atoms with Gasteiger partial charge in [-0.25, -0.2) is 9.97 Å². The van der Waals surface area contributed by atoms with Gasteiger partial charge in [-0.2, -0.15) is 0 Å². The van der Waals surface area contributed by atoms with E-state index in [2.05, 4.69) is 193 Å². The van der Waals surface area contributed by atoms with E-state index in [0.29, 0.717) is 0 Å². The number of nitrogens with zero attached hydrogens (tertiary/aromatic N) is 3. The number of anilines is 3. The first-order chi connectivity index (χ1) is 26.8. The smallest absolute Gasteiger partial charge is 0.161 e. The van der Waals surface area contributed by atoms with Crippen molar-refractivity contribution >= 4 is 65.0 Å². The maximum Gasteiger partial charge on any atom is 0.161 e. The van der Waals surface area contributed by atoms with Gasteiger partial charge in [0.25, 0.3) is 0 Å². The van der Waals surface area contributed by atoms with Crippen LogP contribution in [0.4, 0.5) is 17.1 Å². The van der Waals surface area contributed by atoms with Gasteiger partial charge in [-0.15, -0.1) is 11.3 Å². The van der Waals surface area contributed by atoms with Crippen LogP contribution in [0.2, 0.25) is 0 Å². The summed E-state index contributed by atoms with van der Waals surface area (Å²) in [5, 5.41) is 3.49. The third-order valence-corrected chi connectivity index (χ3v) is 11.4. The molecule has 7 aromatic carbocycles. The minimum atomic E-state index is 0.761. The lowest BCUT2D eigenvalue weighted by Crippen LogP contribution is -2.09. The topological polar surface area (TPSA) is 29.0 Å². The molecule has 0 amide bonds. The molecule has 54 heavy (non-hydrogen) atoms. The van der Waals surface area contributed by atoms with Gasteiger partial charge in [-0.05, 0) is 89.2 Å². The molecule has 1 aliphatic carbocycles. The van der Waals surface area contributed by atoms with E-state index in [1.807, 2.05) is 11.3 Å². The second-order valence-corrected chi connectivity index (χ2v) is 14.8. The van der Waals surface area contributed by atoms with E-state index in [-0.39, 0.29) is 0 Å². The first kappa shape index (κ1) is 32.1. The summed E-state index contributed by atoms with van der Waals surface area (Å²) in [4.78, 5) is 12.8. The molecular formula is C50H35N3S. The molecular weight excluding hydrogens is 675 g/mol. The molecule has 2 heterocycles. The van der Waals surface area contributed by atoms with Crippen molar-refractivity contribution in [3.05, 3.63) is 194 Å². The first-order valence-electron chi connectivity index (χ1n) is 18.5. The van der Waals surface area contributed by atoms with Crippen LogP contribution >= 0.6 is 11.3 Å². The van der Waals surface area contributed by atoms with Gasteiger partial charge in [-0.3, -0.25) is 0 Å². The molecule has 0 saturated carbocycles. The molecule has 0 spiro atoms. The highest BCUT2D eigenvalue weighted by atomic mass is 32.1. The van der Waals surface area contributed by atoms with Crippen LogP contribution in [-0.4, -0.2) is 9.97 Å².